The van der Waals surface area contributed by atoms with Gasteiger partial charge in [-0.05, 0) is 6.92 Å². The van der Waals surface area contributed by atoms with Crippen molar-refractivity contribution >= 4 is 17.9 Å². The van der Waals surface area contributed by atoms with Crippen LogP contribution in [0.25, 0.3) is 0 Å². The number of ether oxygens (including phenoxy) is 5. The first-order valence-corrected chi connectivity index (χ1v) is 7.06. The highest BCUT2D eigenvalue weighted by molar-refractivity contribution is 5.68. The summed E-state index contributed by atoms with van der Waals surface area (Å²) in [7, 11) is 0. The molecule has 0 aromatic heterocycles. The molecule has 2 bridgehead atoms. The first-order valence-electron chi connectivity index (χ1n) is 7.06. The molecule has 2 aliphatic heterocycles. The summed E-state index contributed by atoms with van der Waals surface area (Å²) in [6.07, 6.45) is -2.91. The molecule has 0 aromatic carbocycles. The molecule has 0 unspecified atom stereocenters. The van der Waals surface area contributed by atoms with Crippen LogP contribution in [0.4, 0.5) is 0 Å². The van der Waals surface area contributed by atoms with Crippen molar-refractivity contribution < 1.29 is 38.1 Å². The lowest BCUT2D eigenvalue weighted by atomic mass is 9.89. The van der Waals surface area contributed by atoms with Crippen molar-refractivity contribution in [2.45, 2.75) is 64.3 Å². The summed E-state index contributed by atoms with van der Waals surface area (Å²) in [5.41, 5.74) is 0. The van der Waals surface area contributed by atoms with Gasteiger partial charge in [-0.1, -0.05) is 0 Å². The summed E-state index contributed by atoms with van der Waals surface area (Å²) >= 11 is 0. The van der Waals surface area contributed by atoms with Crippen molar-refractivity contribution in [1.82, 2.24) is 0 Å². The first-order chi connectivity index (χ1) is 10.2. The maximum absolute atomic E-state index is 11.4. The molecule has 8 nitrogen and oxygen atoms in total. The SMILES string of the molecule is CC(=O)O[C@@H]1[C@H](OC(C)=O)[C@@H](OC(C)=O)[C@]2(C)OCC[C@@H]1O2. The number of hydrogen-bond donors (Lipinski definition) is 0. The number of hydrogen-bond acceptors (Lipinski definition) is 8. The van der Waals surface area contributed by atoms with Gasteiger partial charge in [-0.2, -0.15) is 0 Å². The minimum Gasteiger partial charge on any atom is -0.456 e. The molecule has 0 amide bonds. The molecule has 0 aromatic rings. The van der Waals surface area contributed by atoms with Crippen molar-refractivity contribution in [3.63, 3.8) is 0 Å². The van der Waals surface area contributed by atoms with E-state index in [1.54, 1.807) is 6.92 Å². The van der Waals surface area contributed by atoms with Crippen LogP contribution in [0.1, 0.15) is 34.1 Å². The van der Waals surface area contributed by atoms with E-state index in [9.17, 15) is 14.4 Å². The van der Waals surface area contributed by atoms with Crippen LogP contribution in [0.15, 0.2) is 0 Å². The van der Waals surface area contributed by atoms with Crippen LogP contribution in [0.3, 0.4) is 0 Å². The molecule has 124 valence electrons. The number of fused-ring (bicyclic) bond motifs is 2. The molecule has 0 spiro atoms. The van der Waals surface area contributed by atoms with Gasteiger partial charge in [0.15, 0.2) is 18.3 Å². The Balaban J connectivity index is 2.36. The second kappa shape index (κ2) is 6.21. The number of carbonyl (C=O) groups is 3. The summed E-state index contributed by atoms with van der Waals surface area (Å²) in [6.45, 7) is 5.66. The molecule has 0 N–H and O–H groups in total. The van der Waals surface area contributed by atoms with Crippen molar-refractivity contribution in [2.75, 3.05) is 6.61 Å². The van der Waals surface area contributed by atoms with E-state index in [-0.39, 0.29) is 0 Å². The van der Waals surface area contributed by atoms with Gasteiger partial charge in [0.2, 0.25) is 5.79 Å². The zero-order valence-electron chi connectivity index (χ0n) is 13.0. The predicted molar refractivity (Wildman–Crippen MR) is 70.5 cm³/mol. The van der Waals surface area contributed by atoms with E-state index in [1.165, 1.54) is 20.8 Å². The standard InChI is InChI=1S/C14H20O8/c1-7(15)19-11-10-5-6-18-14(4,22-10)13(21-9(3)17)12(11)20-8(2)16/h10-13H,5-6H2,1-4H3/t10-,11-,12-,13+,14+/m0/s1. The van der Waals surface area contributed by atoms with Crippen LogP contribution in [0.2, 0.25) is 0 Å². The highest BCUT2D eigenvalue weighted by Crippen LogP contribution is 2.40. The maximum atomic E-state index is 11.4. The van der Waals surface area contributed by atoms with E-state index in [0.29, 0.717) is 13.0 Å². The van der Waals surface area contributed by atoms with Crippen molar-refractivity contribution in [2.24, 2.45) is 0 Å². The molecule has 0 aliphatic carbocycles. The summed E-state index contributed by atoms with van der Waals surface area (Å²) in [5, 5.41) is 0. The zero-order chi connectivity index (χ0) is 16.5. The van der Waals surface area contributed by atoms with E-state index in [0.717, 1.165) is 0 Å². The lowest BCUT2D eigenvalue weighted by Gasteiger charge is -2.52. The number of carbonyl (C=O) groups excluding carboxylic acids is 3. The Morgan fingerprint density at radius 3 is 2.05 bits per heavy atom. The van der Waals surface area contributed by atoms with Gasteiger partial charge in [-0.25, -0.2) is 0 Å². The smallest absolute Gasteiger partial charge is 0.303 e. The molecule has 0 radical (unpaired) electrons. The van der Waals surface area contributed by atoms with Gasteiger partial charge >= 0.3 is 17.9 Å². The minimum absolute atomic E-state index is 0.351. The fourth-order valence-electron chi connectivity index (χ4n) is 2.84. The summed E-state index contributed by atoms with van der Waals surface area (Å²) in [6, 6.07) is 0. The van der Waals surface area contributed by atoms with E-state index < -0.39 is 48.1 Å². The third-order valence-electron chi connectivity index (χ3n) is 3.58. The summed E-state index contributed by atoms with van der Waals surface area (Å²) in [4.78, 5) is 34.2. The van der Waals surface area contributed by atoms with Crippen molar-refractivity contribution in [3.8, 4) is 0 Å². The molecule has 22 heavy (non-hydrogen) atoms. The highest BCUT2D eigenvalue weighted by atomic mass is 16.8. The van der Waals surface area contributed by atoms with E-state index in [4.69, 9.17) is 23.7 Å². The Morgan fingerprint density at radius 2 is 1.50 bits per heavy atom. The number of rotatable bonds is 3. The Hall–Kier alpha value is -1.67. The van der Waals surface area contributed by atoms with E-state index in [2.05, 4.69) is 0 Å². The number of esters is 3. The third-order valence-corrected chi connectivity index (χ3v) is 3.58. The largest absolute Gasteiger partial charge is 0.456 e. The Morgan fingerprint density at radius 1 is 0.955 bits per heavy atom. The van der Waals surface area contributed by atoms with Crippen molar-refractivity contribution in [3.05, 3.63) is 0 Å². The Kier molecular flexibility index (Phi) is 4.72. The van der Waals surface area contributed by atoms with Crippen LogP contribution in [0.5, 0.6) is 0 Å². The van der Waals surface area contributed by atoms with E-state index in [1.807, 2.05) is 0 Å². The van der Waals surface area contributed by atoms with Crippen LogP contribution in [0, 0.1) is 0 Å². The van der Waals surface area contributed by atoms with Crippen LogP contribution in [-0.4, -0.2) is 54.7 Å². The lowest BCUT2D eigenvalue weighted by Crippen LogP contribution is -2.69. The highest BCUT2D eigenvalue weighted by Gasteiger charge is 2.60. The quantitative estimate of drug-likeness (QED) is 0.542. The Labute approximate surface area is 128 Å². The molecule has 2 saturated heterocycles. The zero-order valence-corrected chi connectivity index (χ0v) is 13.0. The molecule has 2 heterocycles. The summed E-state index contributed by atoms with van der Waals surface area (Å²) < 4.78 is 27.1. The van der Waals surface area contributed by atoms with Gasteiger partial charge < -0.3 is 23.7 Å². The monoisotopic (exact) mass is 316 g/mol. The average molecular weight is 316 g/mol. The summed E-state index contributed by atoms with van der Waals surface area (Å²) in [5.74, 6) is -2.96. The molecular formula is C14H20O8. The molecular weight excluding hydrogens is 296 g/mol. The fraction of sp³-hybridized carbons (Fsp3) is 0.786. The fourth-order valence-corrected chi connectivity index (χ4v) is 2.84. The molecule has 8 heteroatoms. The van der Waals surface area contributed by atoms with Crippen LogP contribution < -0.4 is 0 Å². The molecule has 5 atom stereocenters. The first kappa shape index (κ1) is 16.7. The lowest BCUT2D eigenvalue weighted by molar-refractivity contribution is -0.379. The van der Waals surface area contributed by atoms with Crippen LogP contribution in [-0.2, 0) is 38.1 Å². The molecule has 2 aliphatic rings. The normalized spacial score (nSPS) is 37.1. The molecule has 0 saturated carbocycles. The average Bonchev–Trinajstić information content (AvgIpc) is 2.38. The van der Waals surface area contributed by atoms with Crippen LogP contribution >= 0.6 is 0 Å². The van der Waals surface area contributed by atoms with Gasteiger partial charge in [0.1, 0.15) is 6.10 Å². The maximum Gasteiger partial charge on any atom is 0.303 e. The second-order valence-electron chi connectivity index (χ2n) is 5.49. The topological polar surface area (TPSA) is 97.4 Å². The second-order valence-corrected chi connectivity index (χ2v) is 5.49. The molecule has 2 rings (SSSR count). The van der Waals surface area contributed by atoms with Gasteiger partial charge in [0.05, 0.1) is 6.61 Å². The predicted octanol–water partition coefficient (Wildman–Crippen LogP) is 0.317. The van der Waals surface area contributed by atoms with Crippen molar-refractivity contribution in [1.29, 1.82) is 0 Å². The van der Waals surface area contributed by atoms with Gasteiger partial charge in [-0.3, -0.25) is 14.4 Å². The minimum atomic E-state index is -1.26. The van der Waals surface area contributed by atoms with Gasteiger partial charge in [0, 0.05) is 27.2 Å². The van der Waals surface area contributed by atoms with Gasteiger partial charge in [0.25, 0.3) is 0 Å². The van der Waals surface area contributed by atoms with Gasteiger partial charge in [-0.15, -0.1) is 0 Å². The molecule has 2 fully saturated rings. The third kappa shape index (κ3) is 3.38. The van der Waals surface area contributed by atoms with E-state index >= 15 is 0 Å². The Bertz CT molecular complexity index is 475.